The van der Waals surface area contributed by atoms with Crippen LogP contribution in [0.2, 0.25) is 0 Å². The molecule has 0 saturated carbocycles. The lowest BCUT2D eigenvalue weighted by atomic mass is 10.0. The van der Waals surface area contributed by atoms with Gasteiger partial charge in [-0.1, -0.05) is 36.4 Å². The molecule has 0 N–H and O–H groups in total. The van der Waals surface area contributed by atoms with Crippen LogP contribution in [-0.2, 0) is 4.74 Å². The molecule has 1 heterocycles. The minimum absolute atomic E-state index is 0.0515. The monoisotopic (exact) mass is 250 g/mol. The predicted octanol–water partition coefficient (Wildman–Crippen LogP) is 3.94. The fourth-order valence-electron chi connectivity index (χ4n) is 1.49. The highest BCUT2D eigenvalue weighted by Gasteiger charge is 2.17. The topological polar surface area (TPSA) is 9.23 Å². The number of halogens is 1. The van der Waals surface area contributed by atoms with Crippen molar-refractivity contribution in [2.75, 3.05) is 0 Å². The Balaban J connectivity index is 2.30. The number of ether oxygens (including phenoxy) is 1. The molecule has 1 aliphatic rings. The highest BCUT2D eigenvalue weighted by atomic mass is 79.9. The summed E-state index contributed by atoms with van der Waals surface area (Å²) in [5.41, 5.74) is 2.41. The Kier molecular flexibility index (Phi) is 2.73. The second-order valence-corrected chi connectivity index (χ2v) is 4.07. The Morgan fingerprint density at radius 2 is 1.86 bits per heavy atom. The van der Waals surface area contributed by atoms with E-state index in [1.807, 2.05) is 24.3 Å². The molecule has 1 aromatic carbocycles. The molecule has 1 aliphatic heterocycles. The van der Waals surface area contributed by atoms with Gasteiger partial charge in [-0.3, -0.25) is 0 Å². The van der Waals surface area contributed by atoms with Crippen LogP contribution in [0.1, 0.15) is 18.6 Å². The normalized spacial score (nSPS) is 20.9. The molecular formula is C12H11BrO. The summed E-state index contributed by atoms with van der Waals surface area (Å²) in [6, 6.07) is 10.2. The largest absolute Gasteiger partial charge is 0.475 e. The standard InChI is InChI=1S/C12H11BrO/c1-9-7-8-11(13)14-12(9)10-5-3-2-4-6-10/h2-8,12H,1H3. The van der Waals surface area contributed by atoms with Crippen LogP contribution in [0.25, 0.3) is 0 Å². The lowest BCUT2D eigenvalue weighted by Crippen LogP contribution is -2.06. The van der Waals surface area contributed by atoms with Gasteiger partial charge in [0.2, 0.25) is 0 Å². The van der Waals surface area contributed by atoms with E-state index in [0.717, 1.165) is 4.67 Å². The van der Waals surface area contributed by atoms with E-state index in [9.17, 15) is 0 Å². The zero-order valence-electron chi connectivity index (χ0n) is 7.91. The van der Waals surface area contributed by atoms with Crippen LogP contribution in [0.15, 0.2) is 52.7 Å². The van der Waals surface area contributed by atoms with E-state index >= 15 is 0 Å². The molecule has 2 heteroatoms. The maximum absolute atomic E-state index is 5.69. The van der Waals surface area contributed by atoms with Gasteiger partial charge in [0.1, 0.15) is 6.10 Å². The number of rotatable bonds is 1. The first-order valence-electron chi connectivity index (χ1n) is 4.53. The highest BCUT2D eigenvalue weighted by Crippen LogP contribution is 2.32. The molecular weight excluding hydrogens is 240 g/mol. The molecule has 14 heavy (non-hydrogen) atoms. The molecule has 0 spiro atoms. The molecule has 0 saturated heterocycles. The summed E-state index contributed by atoms with van der Waals surface area (Å²) in [5, 5.41) is 0. The van der Waals surface area contributed by atoms with Gasteiger partial charge < -0.3 is 4.74 Å². The summed E-state index contributed by atoms with van der Waals surface area (Å²) < 4.78 is 6.48. The van der Waals surface area contributed by atoms with Crippen molar-refractivity contribution in [2.45, 2.75) is 13.0 Å². The number of hydrogen-bond donors (Lipinski definition) is 0. The minimum Gasteiger partial charge on any atom is -0.475 e. The molecule has 1 aromatic rings. The molecule has 0 bridgehead atoms. The summed E-state index contributed by atoms with van der Waals surface area (Å²) in [6.07, 6.45) is 4.05. The summed E-state index contributed by atoms with van der Waals surface area (Å²) in [7, 11) is 0. The number of hydrogen-bond acceptors (Lipinski definition) is 1. The quantitative estimate of drug-likeness (QED) is 0.734. The molecule has 1 atom stereocenters. The van der Waals surface area contributed by atoms with Crippen molar-refractivity contribution in [2.24, 2.45) is 0 Å². The Morgan fingerprint density at radius 1 is 1.14 bits per heavy atom. The lowest BCUT2D eigenvalue weighted by Gasteiger charge is -2.22. The van der Waals surface area contributed by atoms with Crippen LogP contribution in [0.3, 0.4) is 0 Å². The number of allylic oxidation sites excluding steroid dienone is 2. The maximum Gasteiger partial charge on any atom is 0.163 e. The molecule has 0 aromatic heterocycles. The fourth-order valence-corrected chi connectivity index (χ4v) is 1.81. The van der Waals surface area contributed by atoms with Gasteiger partial charge in [-0.2, -0.15) is 0 Å². The van der Waals surface area contributed by atoms with Crippen molar-refractivity contribution < 1.29 is 4.74 Å². The Bertz CT molecular complexity index is 379. The van der Waals surface area contributed by atoms with Crippen molar-refractivity contribution >= 4 is 15.9 Å². The zero-order valence-corrected chi connectivity index (χ0v) is 9.49. The SMILES string of the molecule is CC1=CC=C(Br)OC1c1ccccc1. The van der Waals surface area contributed by atoms with Crippen LogP contribution in [0.5, 0.6) is 0 Å². The third kappa shape index (κ3) is 1.90. The summed E-state index contributed by atoms with van der Waals surface area (Å²) in [6.45, 7) is 2.08. The minimum atomic E-state index is 0.0515. The fraction of sp³-hybridized carbons (Fsp3) is 0.167. The smallest absolute Gasteiger partial charge is 0.163 e. The van der Waals surface area contributed by atoms with Gasteiger partial charge in [0.15, 0.2) is 4.67 Å². The highest BCUT2D eigenvalue weighted by molar-refractivity contribution is 9.11. The van der Waals surface area contributed by atoms with Gasteiger partial charge in [0.25, 0.3) is 0 Å². The summed E-state index contributed by atoms with van der Waals surface area (Å²) >= 11 is 3.35. The van der Waals surface area contributed by atoms with E-state index in [4.69, 9.17) is 4.74 Å². The average Bonchev–Trinajstić information content (AvgIpc) is 2.23. The van der Waals surface area contributed by atoms with Crippen LogP contribution in [-0.4, -0.2) is 0 Å². The molecule has 72 valence electrons. The van der Waals surface area contributed by atoms with E-state index in [1.54, 1.807) is 0 Å². The molecule has 2 rings (SSSR count). The molecule has 0 amide bonds. The first-order valence-corrected chi connectivity index (χ1v) is 5.32. The van der Waals surface area contributed by atoms with E-state index in [-0.39, 0.29) is 6.10 Å². The van der Waals surface area contributed by atoms with E-state index in [2.05, 4.69) is 41.1 Å². The maximum atomic E-state index is 5.69. The zero-order chi connectivity index (χ0) is 9.97. The average molecular weight is 251 g/mol. The lowest BCUT2D eigenvalue weighted by molar-refractivity contribution is 0.167. The van der Waals surface area contributed by atoms with Crippen molar-refractivity contribution in [1.82, 2.24) is 0 Å². The van der Waals surface area contributed by atoms with Crippen LogP contribution >= 0.6 is 15.9 Å². The molecule has 0 aliphatic carbocycles. The Morgan fingerprint density at radius 3 is 2.57 bits per heavy atom. The van der Waals surface area contributed by atoms with Crippen LogP contribution in [0.4, 0.5) is 0 Å². The van der Waals surface area contributed by atoms with Gasteiger partial charge >= 0.3 is 0 Å². The van der Waals surface area contributed by atoms with Crippen LogP contribution in [0, 0.1) is 0 Å². The van der Waals surface area contributed by atoms with E-state index < -0.39 is 0 Å². The second-order valence-electron chi connectivity index (χ2n) is 3.29. The second kappa shape index (κ2) is 4.01. The summed E-state index contributed by atoms with van der Waals surface area (Å²) in [4.78, 5) is 0. The molecule has 0 fully saturated rings. The van der Waals surface area contributed by atoms with Gasteiger partial charge in [0.05, 0.1) is 0 Å². The molecule has 1 unspecified atom stereocenters. The van der Waals surface area contributed by atoms with Gasteiger partial charge in [-0.05, 0) is 40.1 Å². The Hall–Kier alpha value is -1.02. The van der Waals surface area contributed by atoms with Gasteiger partial charge in [-0.25, -0.2) is 0 Å². The third-order valence-electron chi connectivity index (χ3n) is 2.22. The molecule has 1 nitrogen and oxygen atoms in total. The van der Waals surface area contributed by atoms with Gasteiger partial charge in [-0.15, -0.1) is 0 Å². The van der Waals surface area contributed by atoms with Crippen LogP contribution < -0.4 is 0 Å². The number of benzene rings is 1. The Labute approximate surface area is 92.2 Å². The first kappa shape index (κ1) is 9.53. The van der Waals surface area contributed by atoms with E-state index in [1.165, 1.54) is 11.1 Å². The van der Waals surface area contributed by atoms with Crippen molar-refractivity contribution in [1.29, 1.82) is 0 Å². The van der Waals surface area contributed by atoms with Crippen molar-refractivity contribution in [3.05, 3.63) is 58.3 Å². The first-order chi connectivity index (χ1) is 6.77. The third-order valence-corrected chi connectivity index (χ3v) is 2.67. The van der Waals surface area contributed by atoms with Crippen molar-refractivity contribution in [3.8, 4) is 0 Å². The van der Waals surface area contributed by atoms with Gasteiger partial charge in [0, 0.05) is 0 Å². The summed E-state index contributed by atoms with van der Waals surface area (Å²) in [5.74, 6) is 0. The van der Waals surface area contributed by atoms with E-state index in [0.29, 0.717) is 0 Å². The van der Waals surface area contributed by atoms with Crippen molar-refractivity contribution in [3.63, 3.8) is 0 Å². The molecule has 0 radical (unpaired) electrons. The predicted molar refractivity (Wildman–Crippen MR) is 61.0 cm³/mol.